The van der Waals surface area contributed by atoms with Crippen LogP contribution >= 0.6 is 11.6 Å². The lowest BCUT2D eigenvalue weighted by Gasteiger charge is -2.20. The first kappa shape index (κ1) is 22.4. The second-order valence-corrected chi connectivity index (χ2v) is 6.81. The Labute approximate surface area is 184 Å². The zero-order chi connectivity index (χ0) is 22.4. The van der Waals surface area contributed by atoms with E-state index in [0.29, 0.717) is 58.2 Å². The Bertz CT molecular complexity index is 953. The largest absolute Gasteiger partial charge is 0.493 e. The number of carbonyl (C=O) groups excluding carboxylic acids is 2. The number of methoxy groups -OCH3 is 3. The van der Waals surface area contributed by atoms with Crippen LogP contribution in [0.15, 0.2) is 24.3 Å². The molecule has 1 aliphatic rings. The highest BCUT2D eigenvalue weighted by Gasteiger charge is 2.19. The van der Waals surface area contributed by atoms with E-state index in [1.54, 1.807) is 24.3 Å². The maximum atomic E-state index is 12.2. The summed E-state index contributed by atoms with van der Waals surface area (Å²) in [5.41, 5.74) is 0.985. The van der Waals surface area contributed by atoms with Crippen LogP contribution in [0.1, 0.15) is 5.56 Å². The molecule has 0 aromatic heterocycles. The molecule has 0 atom stereocenters. The summed E-state index contributed by atoms with van der Waals surface area (Å²) in [5, 5.41) is 2.97. The first-order valence-corrected chi connectivity index (χ1v) is 9.66. The molecule has 0 saturated heterocycles. The average molecular weight is 452 g/mol. The number of rotatable bonds is 8. The fourth-order valence-corrected chi connectivity index (χ4v) is 3.27. The molecule has 0 spiro atoms. The van der Waals surface area contributed by atoms with Gasteiger partial charge in [-0.2, -0.15) is 0 Å². The molecule has 1 heterocycles. The van der Waals surface area contributed by atoms with Gasteiger partial charge in [0.05, 0.1) is 32.8 Å². The molecule has 0 bridgehead atoms. The number of ether oxygens (including phenoxy) is 6. The molecule has 0 radical (unpaired) electrons. The highest BCUT2D eigenvalue weighted by Crippen LogP contribution is 2.40. The number of nitrogens with one attached hydrogen (secondary N) is 1. The first-order valence-electron chi connectivity index (χ1n) is 9.28. The van der Waals surface area contributed by atoms with Gasteiger partial charge < -0.3 is 33.7 Å². The smallest absolute Gasteiger partial charge is 0.310 e. The van der Waals surface area contributed by atoms with Gasteiger partial charge in [-0.15, -0.1) is 0 Å². The van der Waals surface area contributed by atoms with Crippen LogP contribution in [0.3, 0.4) is 0 Å². The normalized spacial score (nSPS) is 12.0. The Morgan fingerprint density at radius 1 is 1.00 bits per heavy atom. The molecular weight excluding hydrogens is 430 g/mol. The van der Waals surface area contributed by atoms with Crippen LogP contribution in [0.4, 0.5) is 5.69 Å². The fourth-order valence-electron chi connectivity index (χ4n) is 2.98. The molecule has 2 aromatic rings. The Hall–Kier alpha value is -3.33. The van der Waals surface area contributed by atoms with Gasteiger partial charge in [0.2, 0.25) is 5.75 Å². The summed E-state index contributed by atoms with van der Waals surface area (Å²) in [6, 6.07) is 6.40. The number of fused-ring (bicyclic) bond motifs is 1. The van der Waals surface area contributed by atoms with Crippen LogP contribution in [-0.4, -0.2) is 53.0 Å². The van der Waals surface area contributed by atoms with E-state index in [1.165, 1.54) is 21.3 Å². The Balaban J connectivity index is 1.57. The van der Waals surface area contributed by atoms with Crippen molar-refractivity contribution in [1.82, 2.24) is 0 Å². The minimum absolute atomic E-state index is 0.0756. The predicted molar refractivity (Wildman–Crippen MR) is 112 cm³/mol. The summed E-state index contributed by atoms with van der Waals surface area (Å²) in [4.78, 5) is 24.4. The summed E-state index contributed by atoms with van der Waals surface area (Å²) in [6.45, 7) is 0.348. The number of hydrogen-bond acceptors (Lipinski definition) is 8. The molecule has 9 nitrogen and oxygen atoms in total. The standard InChI is InChI=1S/C21H22ClNO8/c1-26-15-9-13(10-16(27-2)21(15)28-3)23-18(24)11-31-19(25)8-12-6-14(22)20-17(7-12)29-4-5-30-20/h6-7,9-10H,4-5,8,11H2,1-3H3,(H,23,24). The van der Waals surface area contributed by atoms with Crippen molar-refractivity contribution in [2.45, 2.75) is 6.42 Å². The SMILES string of the molecule is COc1cc(NC(=O)COC(=O)Cc2cc(Cl)c3c(c2)OCCO3)cc(OC)c1OC. The Morgan fingerprint density at radius 2 is 1.68 bits per heavy atom. The van der Waals surface area contributed by atoms with Crippen LogP contribution in [0.2, 0.25) is 5.02 Å². The molecule has 166 valence electrons. The van der Waals surface area contributed by atoms with Crippen LogP contribution in [0, 0.1) is 0 Å². The zero-order valence-corrected chi connectivity index (χ0v) is 18.0. The summed E-state index contributed by atoms with van der Waals surface area (Å²) < 4.78 is 31.7. The van der Waals surface area contributed by atoms with Crippen LogP contribution in [0.25, 0.3) is 0 Å². The van der Waals surface area contributed by atoms with Crippen molar-refractivity contribution >= 4 is 29.2 Å². The first-order chi connectivity index (χ1) is 14.9. The molecule has 0 fully saturated rings. The maximum absolute atomic E-state index is 12.2. The number of amides is 1. The van der Waals surface area contributed by atoms with E-state index in [-0.39, 0.29) is 6.42 Å². The molecule has 1 amide bonds. The van der Waals surface area contributed by atoms with E-state index in [4.69, 9.17) is 40.0 Å². The fraction of sp³-hybridized carbons (Fsp3) is 0.333. The number of anilines is 1. The van der Waals surface area contributed by atoms with E-state index >= 15 is 0 Å². The van der Waals surface area contributed by atoms with E-state index in [1.807, 2.05) is 0 Å². The molecule has 0 saturated carbocycles. The van der Waals surface area contributed by atoms with E-state index in [9.17, 15) is 9.59 Å². The third kappa shape index (κ3) is 5.43. The minimum atomic E-state index is -0.590. The van der Waals surface area contributed by atoms with Gasteiger partial charge in [0.25, 0.3) is 5.91 Å². The van der Waals surface area contributed by atoms with Crippen molar-refractivity contribution in [3.63, 3.8) is 0 Å². The van der Waals surface area contributed by atoms with Gasteiger partial charge in [0.15, 0.2) is 29.6 Å². The molecular formula is C21H22ClNO8. The minimum Gasteiger partial charge on any atom is -0.493 e. The van der Waals surface area contributed by atoms with Crippen molar-refractivity contribution in [2.24, 2.45) is 0 Å². The van der Waals surface area contributed by atoms with Gasteiger partial charge >= 0.3 is 5.97 Å². The molecule has 0 aliphatic carbocycles. The second kappa shape index (κ2) is 10.1. The molecule has 0 unspecified atom stereocenters. The zero-order valence-electron chi connectivity index (χ0n) is 17.3. The molecule has 31 heavy (non-hydrogen) atoms. The van der Waals surface area contributed by atoms with Gasteiger partial charge in [-0.3, -0.25) is 9.59 Å². The summed E-state index contributed by atoms with van der Waals surface area (Å²) in [7, 11) is 4.41. The predicted octanol–water partition coefficient (Wildman–Crippen LogP) is 2.86. The van der Waals surface area contributed by atoms with Gasteiger partial charge in [-0.05, 0) is 17.7 Å². The van der Waals surface area contributed by atoms with Gasteiger partial charge in [-0.25, -0.2) is 0 Å². The van der Waals surface area contributed by atoms with Crippen molar-refractivity contribution in [2.75, 3.05) is 46.5 Å². The van der Waals surface area contributed by atoms with Gasteiger partial charge in [-0.1, -0.05) is 11.6 Å². The Morgan fingerprint density at radius 3 is 2.32 bits per heavy atom. The highest BCUT2D eigenvalue weighted by molar-refractivity contribution is 6.32. The molecule has 1 aliphatic heterocycles. The second-order valence-electron chi connectivity index (χ2n) is 6.40. The monoisotopic (exact) mass is 451 g/mol. The number of esters is 1. The third-order valence-corrected chi connectivity index (χ3v) is 4.60. The number of carbonyl (C=O) groups is 2. The summed E-state index contributed by atoms with van der Waals surface area (Å²) in [6.07, 6.45) is -0.0756. The topological polar surface area (TPSA) is 102 Å². The van der Waals surface area contributed by atoms with Crippen LogP contribution in [0.5, 0.6) is 28.7 Å². The molecule has 3 rings (SSSR count). The lowest BCUT2D eigenvalue weighted by molar-refractivity contribution is -0.146. The van der Waals surface area contributed by atoms with Crippen molar-refractivity contribution < 1.29 is 38.0 Å². The van der Waals surface area contributed by atoms with Crippen LogP contribution in [-0.2, 0) is 20.7 Å². The van der Waals surface area contributed by atoms with E-state index in [0.717, 1.165) is 0 Å². The highest BCUT2D eigenvalue weighted by atomic mass is 35.5. The maximum Gasteiger partial charge on any atom is 0.310 e. The van der Waals surface area contributed by atoms with Crippen molar-refractivity contribution in [3.05, 3.63) is 34.9 Å². The Kier molecular flexibility index (Phi) is 7.30. The van der Waals surface area contributed by atoms with Gasteiger partial charge in [0.1, 0.15) is 13.2 Å². The summed E-state index contributed by atoms with van der Waals surface area (Å²) in [5.74, 6) is 0.967. The van der Waals surface area contributed by atoms with Crippen molar-refractivity contribution in [1.29, 1.82) is 0 Å². The third-order valence-electron chi connectivity index (χ3n) is 4.32. The van der Waals surface area contributed by atoms with E-state index < -0.39 is 18.5 Å². The van der Waals surface area contributed by atoms with Crippen molar-refractivity contribution in [3.8, 4) is 28.7 Å². The molecule has 10 heteroatoms. The average Bonchev–Trinajstić information content (AvgIpc) is 2.77. The van der Waals surface area contributed by atoms with Crippen LogP contribution < -0.4 is 29.0 Å². The van der Waals surface area contributed by atoms with E-state index in [2.05, 4.69) is 5.32 Å². The number of halogens is 1. The molecule has 1 N–H and O–H groups in total. The lowest BCUT2D eigenvalue weighted by Crippen LogP contribution is -2.22. The quantitative estimate of drug-likeness (QED) is 0.611. The molecule has 2 aromatic carbocycles. The number of hydrogen-bond donors (Lipinski definition) is 1. The van der Waals surface area contributed by atoms with Gasteiger partial charge in [0, 0.05) is 17.8 Å². The lowest BCUT2D eigenvalue weighted by atomic mass is 10.1. The number of benzene rings is 2. The summed E-state index contributed by atoms with van der Waals surface area (Å²) >= 11 is 6.17.